The van der Waals surface area contributed by atoms with Crippen LogP contribution in [0.15, 0.2) is 0 Å². The molecule has 0 aliphatic rings. The lowest BCUT2D eigenvalue weighted by molar-refractivity contribution is 0.0108. The fourth-order valence-corrected chi connectivity index (χ4v) is 0.487. The van der Waals surface area contributed by atoms with Crippen molar-refractivity contribution in [2.45, 2.75) is 66.7 Å². The van der Waals surface area contributed by atoms with Gasteiger partial charge >= 0.3 is 0 Å². The standard InChI is InChI=1S/C6H12F2.2C2H6/c1-3-4-5-6(2,7)8;2*1-2/h3-5H2,1-2H3;2*1-2H3. The molecule has 0 saturated heterocycles. The van der Waals surface area contributed by atoms with Crippen molar-refractivity contribution in [2.75, 3.05) is 0 Å². The summed E-state index contributed by atoms with van der Waals surface area (Å²) >= 11 is 0. The number of alkyl halides is 2. The van der Waals surface area contributed by atoms with E-state index in [4.69, 9.17) is 0 Å². The molecule has 0 atom stereocenters. The average molecular weight is 182 g/mol. The molecular formula is C10H24F2. The Kier molecular flexibility index (Phi) is 20.0. The van der Waals surface area contributed by atoms with Crippen molar-refractivity contribution in [3.8, 4) is 0 Å². The third kappa shape index (κ3) is 32.8. The first-order valence-electron chi connectivity index (χ1n) is 4.94. The van der Waals surface area contributed by atoms with Crippen LogP contribution in [0.1, 0.15) is 60.8 Å². The zero-order valence-electron chi connectivity index (χ0n) is 9.38. The first kappa shape index (κ1) is 17.8. The fraction of sp³-hybridized carbons (Fsp3) is 1.00. The molecule has 0 spiro atoms. The van der Waals surface area contributed by atoms with E-state index in [9.17, 15) is 8.78 Å². The second-order valence-corrected chi connectivity index (χ2v) is 2.17. The molecule has 0 rings (SSSR count). The molecule has 0 aliphatic carbocycles. The largest absolute Gasteiger partial charge is 0.245 e. The van der Waals surface area contributed by atoms with E-state index in [1.165, 1.54) is 0 Å². The second kappa shape index (κ2) is 13.4. The van der Waals surface area contributed by atoms with Gasteiger partial charge in [-0.05, 0) is 13.3 Å². The highest BCUT2D eigenvalue weighted by Crippen LogP contribution is 2.18. The first-order valence-corrected chi connectivity index (χ1v) is 4.94. The summed E-state index contributed by atoms with van der Waals surface area (Å²) < 4.78 is 23.8. The predicted molar refractivity (Wildman–Crippen MR) is 52.8 cm³/mol. The van der Waals surface area contributed by atoms with E-state index in [2.05, 4.69) is 0 Å². The van der Waals surface area contributed by atoms with Crippen LogP contribution in [0.5, 0.6) is 0 Å². The molecule has 0 aromatic heterocycles. The molecule has 0 aromatic carbocycles. The molecule has 12 heavy (non-hydrogen) atoms. The maximum absolute atomic E-state index is 11.9. The van der Waals surface area contributed by atoms with E-state index in [-0.39, 0.29) is 6.42 Å². The summed E-state index contributed by atoms with van der Waals surface area (Å²) in [5, 5.41) is 0. The molecule has 0 nitrogen and oxygen atoms in total. The minimum Gasteiger partial charge on any atom is -0.207 e. The van der Waals surface area contributed by atoms with Gasteiger partial charge in [0.2, 0.25) is 5.92 Å². The van der Waals surface area contributed by atoms with Crippen LogP contribution in [0, 0.1) is 0 Å². The summed E-state index contributed by atoms with van der Waals surface area (Å²) in [4.78, 5) is 0. The Bertz CT molecular complexity index is 55.3. The van der Waals surface area contributed by atoms with E-state index < -0.39 is 5.92 Å². The highest BCUT2D eigenvalue weighted by molar-refractivity contribution is 4.55. The van der Waals surface area contributed by atoms with Gasteiger partial charge in [-0.15, -0.1) is 0 Å². The molecule has 0 N–H and O–H groups in total. The van der Waals surface area contributed by atoms with Crippen LogP contribution in [-0.4, -0.2) is 5.92 Å². The molecule has 0 saturated carbocycles. The van der Waals surface area contributed by atoms with Crippen molar-refractivity contribution < 1.29 is 8.78 Å². The maximum Gasteiger partial charge on any atom is 0.245 e. The lowest BCUT2D eigenvalue weighted by Gasteiger charge is -2.06. The van der Waals surface area contributed by atoms with Gasteiger partial charge in [0.25, 0.3) is 0 Å². The van der Waals surface area contributed by atoms with Gasteiger partial charge in [0.05, 0.1) is 0 Å². The molecule has 0 aromatic rings. The quantitative estimate of drug-likeness (QED) is 0.583. The highest BCUT2D eigenvalue weighted by atomic mass is 19.3. The Morgan fingerprint density at radius 3 is 1.42 bits per heavy atom. The van der Waals surface area contributed by atoms with Gasteiger partial charge < -0.3 is 0 Å². The summed E-state index contributed by atoms with van der Waals surface area (Å²) in [6.07, 6.45) is 1.51. The van der Waals surface area contributed by atoms with Crippen LogP contribution in [0.25, 0.3) is 0 Å². The van der Waals surface area contributed by atoms with Crippen molar-refractivity contribution >= 4 is 0 Å². The van der Waals surface area contributed by atoms with Crippen LogP contribution in [0.3, 0.4) is 0 Å². The molecule has 0 unspecified atom stereocenters. The van der Waals surface area contributed by atoms with Crippen molar-refractivity contribution in [3.63, 3.8) is 0 Å². The van der Waals surface area contributed by atoms with E-state index >= 15 is 0 Å². The van der Waals surface area contributed by atoms with Gasteiger partial charge in [0, 0.05) is 6.42 Å². The van der Waals surface area contributed by atoms with Gasteiger partial charge in [-0.1, -0.05) is 41.0 Å². The summed E-state index contributed by atoms with van der Waals surface area (Å²) in [6.45, 7) is 10.9. The lowest BCUT2D eigenvalue weighted by Crippen LogP contribution is -2.07. The van der Waals surface area contributed by atoms with E-state index in [0.717, 1.165) is 13.3 Å². The molecule has 0 bridgehead atoms. The second-order valence-electron chi connectivity index (χ2n) is 2.17. The normalized spacial score (nSPS) is 9.00. The summed E-state index contributed by atoms with van der Waals surface area (Å²) in [7, 11) is 0. The third-order valence-corrected chi connectivity index (χ3v) is 0.969. The highest BCUT2D eigenvalue weighted by Gasteiger charge is 2.18. The topological polar surface area (TPSA) is 0 Å². The summed E-state index contributed by atoms with van der Waals surface area (Å²) in [5.74, 6) is -2.45. The van der Waals surface area contributed by atoms with Gasteiger partial charge in [0.1, 0.15) is 0 Å². The van der Waals surface area contributed by atoms with E-state index in [1.54, 1.807) is 0 Å². The Balaban J connectivity index is -0.000000175. The minimum absolute atomic E-state index is 0.0312. The molecule has 0 fully saturated rings. The number of hydrogen-bond donors (Lipinski definition) is 0. The van der Waals surface area contributed by atoms with Crippen molar-refractivity contribution in [1.29, 1.82) is 0 Å². The van der Waals surface area contributed by atoms with Crippen molar-refractivity contribution in [1.82, 2.24) is 0 Å². The van der Waals surface area contributed by atoms with Gasteiger partial charge in [-0.2, -0.15) is 0 Å². The molecular weight excluding hydrogens is 158 g/mol. The zero-order chi connectivity index (χ0) is 10.6. The number of halogens is 2. The Labute approximate surface area is 76.4 Å². The first-order chi connectivity index (χ1) is 5.56. The number of rotatable bonds is 3. The molecule has 0 aliphatic heterocycles. The molecule has 0 amide bonds. The van der Waals surface area contributed by atoms with Crippen LogP contribution < -0.4 is 0 Å². The van der Waals surface area contributed by atoms with Gasteiger partial charge in [0.15, 0.2) is 0 Å². The Hall–Kier alpha value is -0.140. The van der Waals surface area contributed by atoms with Crippen LogP contribution in [0.2, 0.25) is 0 Å². The maximum atomic E-state index is 11.9. The van der Waals surface area contributed by atoms with Gasteiger partial charge in [-0.25, -0.2) is 8.78 Å². The van der Waals surface area contributed by atoms with E-state index in [0.29, 0.717) is 6.42 Å². The van der Waals surface area contributed by atoms with Crippen LogP contribution in [0.4, 0.5) is 8.78 Å². The van der Waals surface area contributed by atoms with Crippen molar-refractivity contribution in [3.05, 3.63) is 0 Å². The minimum atomic E-state index is -2.45. The SMILES string of the molecule is CC.CC.CCCCC(C)(F)F. The Morgan fingerprint density at radius 1 is 1.00 bits per heavy atom. The zero-order valence-corrected chi connectivity index (χ0v) is 9.38. The monoisotopic (exact) mass is 182 g/mol. The fourth-order valence-electron chi connectivity index (χ4n) is 0.487. The average Bonchev–Trinajstić information content (AvgIpc) is 2.07. The number of hydrogen-bond acceptors (Lipinski definition) is 0. The van der Waals surface area contributed by atoms with Crippen LogP contribution in [-0.2, 0) is 0 Å². The van der Waals surface area contributed by atoms with Crippen molar-refractivity contribution in [2.24, 2.45) is 0 Å². The predicted octanol–water partition coefficient (Wildman–Crippen LogP) is 4.88. The summed E-state index contributed by atoms with van der Waals surface area (Å²) in [6, 6.07) is 0. The molecule has 0 heterocycles. The molecule has 78 valence electrons. The lowest BCUT2D eigenvalue weighted by atomic mass is 10.2. The molecule has 2 heteroatoms. The molecule has 0 radical (unpaired) electrons. The smallest absolute Gasteiger partial charge is 0.207 e. The van der Waals surface area contributed by atoms with Crippen LogP contribution >= 0.6 is 0 Å². The number of unbranched alkanes of at least 4 members (excludes halogenated alkanes) is 1. The van der Waals surface area contributed by atoms with E-state index in [1.807, 2.05) is 34.6 Å². The third-order valence-electron chi connectivity index (χ3n) is 0.969. The summed E-state index contributed by atoms with van der Waals surface area (Å²) in [5.41, 5.74) is 0. The van der Waals surface area contributed by atoms with Gasteiger partial charge in [-0.3, -0.25) is 0 Å². The Morgan fingerprint density at radius 2 is 1.33 bits per heavy atom.